The van der Waals surface area contributed by atoms with Crippen molar-refractivity contribution >= 4 is 27.5 Å². The fourth-order valence-corrected chi connectivity index (χ4v) is 3.16. The van der Waals surface area contributed by atoms with Gasteiger partial charge in [0, 0.05) is 36.1 Å². The minimum Gasteiger partial charge on any atom is -0.458 e. The fourth-order valence-electron chi connectivity index (χ4n) is 2.95. The highest BCUT2D eigenvalue weighted by Crippen LogP contribution is 2.24. The van der Waals surface area contributed by atoms with Gasteiger partial charge in [0.15, 0.2) is 0 Å². The van der Waals surface area contributed by atoms with Crippen molar-refractivity contribution in [1.29, 1.82) is 0 Å². The molecule has 2 heterocycles. The largest absolute Gasteiger partial charge is 0.458 e. The van der Waals surface area contributed by atoms with E-state index in [9.17, 15) is 14.9 Å². The lowest BCUT2D eigenvalue weighted by Gasteiger charge is -2.32. The van der Waals surface area contributed by atoms with Gasteiger partial charge in [-0.15, -0.1) is 0 Å². The summed E-state index contributed by atoms with van der Waals surface area (Å²) in [5, 5.41) is 11.1. The van der Waals surface area contributed by atoms with E-state index < -0.39 is 4.92 Å². The maximum atomic E-state index is 12.8. The number of hydrogen-bond donors (Lipinski definition) is 0. The summed E-state index contributed by atoms with van der Waals surface area (Å²) in [5.74, 6) is -0.226. The average molecular weight is 421 g/mol. The second-order valence-electron chi connectivity index (χ2n) is 6.02. The molecule has 0 saturated carbocycles. The molecule has 1 unspecified atom stereocenters. The highest BCUT2D eigenvalue weighted by molar-refractivity contribution is 9.10. The number of ether oxygens (including phenoxy) is 1. The van der Waals surface area contributed by atoms with Gasteiger partial charge in [-0.05, 0) is 41.8 Å². The molecule has 1 aromatic carbocycles. The van der Waals surface area contributed by atoms with Gasteiger partial charge in [-0.25, -0.2) is 9.97 Å². The lowest BCUT2D eigenvalue weighted by Crippen LogP contribution is -2.44. The summed E-state index contributed by atoms with van der Waals surface area (Å²) < 4.78 is 6.53. The summed E-state index contributed by atoms with van der Waals surface area (Å²) >= 11 is 3.27. The molecule has 1 saturated heterocycles. The number of piperidine rings is 1. The van der Waals surface area contributed by atoms with Crippen LogP contribution in [-0.2, 0) is 0 Å². The average Bonchev–Trinajstić information content (AvgIpc) is 2.63. The van der Waals surface area contributed by atoms with Gasteiger partial charge in [0.05, 0.1) is 15.9 Å². The van der Waals surface area contributed by atoms with Crippen LogP contribution >= 0.6 is 15.9 Å². The molecule has 1 fully saturated rings. The molecule has 1 aliphatic heterocycles. The van der Waals surface area contributed by atoms with Crippen molar-refractivity contribution in [3.63, 3.8) is 0 Å². The highest BCUT2D eigenvalue weighted by atomic mass is 79.9. The Labute approximate surface area is 158 Å². The second-order valence-corrected chi connectivity index (χ2v) is 6.94. The Kier molecular flexibility index (Phi) is 5.46. The van der Waals surface area contributed by atoms with Gasteiger partial charge >= 0.3 is 6.01 Å². The lowest BCUT2D eigenvalue weighted by molar-refractivity contribution is -0.385. The van der Waals surface area contributed by atoms with Crippen LogP contribution < -0.4 is 4.74 Å². The molecule has 9 heteroatoms. The van der Waals surface area contributed by atoms with E-state index in [0.717, 1.165) is 17.3 Å². The molecule has 0 bridgehead atoms. The first kappa shape index (κ1) is 18.2. The predicted octanol–water partition coefficient (Wildman–Crippen LogP) is 3.14. The molecule has 0 radical (unpaired) electrons. The van der Waals surface area contributed by atoms with Gasteiger partial charge in [0.25, 0.3) is 11.6 Å². The number of carbonyl (C=O) groups excluding carboxylic acids is 1. The van der Waals surface area contributed by atoms with Gasteiger partial charge in [0.2, 0.25) is 0 Å². The minimum atomic E-state index is -0.473. The molecule has 0 aliphatic carbocycles. The van der Waals surface area contributed by atoms with Crippen molar-refractivity contribution in [1.82, 2.24) is 14.9 Å². The third-order valence-electron chi connectivity index (χ3n) is 4.27. The topological polar surface area (TPSA) is 98.5 Å². The molecule has 1 aliphatic rings. The second kappa shape index (κ2) is 7.77. The van der Waals surface area contributed by atoms with Crippen LogP contribution in [0.3, 0.4) is 0 Å². The lowest BCUT2D eigenvalue weighted by atomic mass is 10.0. The third-order valence-corrected chi connectivity index (χ3v) is 4.68. The molecule has 3 rings (SSSR count). The molecule has 0 spiro atoms. The molecular weight excluding hydrogens is 404 g/mol. The molecular formula is C17H17BrN4O4. The van der Waals surface area contributed by atoms with Gasteiger partial charge in [-0.1, -0.05) is 6.07 Å². The van der Waals surface area contributed by atoms with Crippen LogP contribution in [0.25, 0.3) is 0 Å². The zero-order valence-electron chi connectivity index (χ0n) is 14.1. The molecule has 136 valence electrons. The predicted molar refractivity (Wildman–Crippen MR) is 97.1 cm³/mol. The van der Waals surface area contributed by atoms with E-state index in [1.54, 1.807) is 30.3 Å². The zero-order valence-corrected chi connectivity index (χ0v) is 15.7. The summed E-state index contributed by atoms with van der Waals surface area (Å²) in [6.07, 6.45) is 4.55. The highest BCUT2D eigenvalue weighted by Gasteiger charge is 2.28. The summed E-state index contributed by atoms with van der Waals surface area (Å²) in [6, 6.07) is 4.82. The van der Waals surface area contributed by atoms with E-state index in [0.29, 0.717) is 24.2 Å². The Morgan fingerprint density at radius 3 is 2.81 bits per heavy atom. The number of nitro groups is 1. The molecule has 26 heavy (non-hydrogen) atoms. The van der Waals surface area contributed by atoms with Crippen molar-refractivity contribution in [2.24, 2.45) is 0 Å². The van der Waals surface area contributed by atoms with Crippen LogP contribution in [0.15, 0.2) is 35.1 Å². The van der Waals surface area contributed by atoms with E-state index in [-0.39, 0.29) is 23.7 Å². The fraction of sp³-hybridized carbons (Fsp3) is 0.353. The first-order valence-corrected chi connectivity index (χ1v) is 8.92. The molecule has 1 atom stereocenters. The van der Waals surface area contributed by atoms with Crippen molar-refractivity contribution < 1.29 is 14.5 Å². The summed E-state index contributed by atoms with van der Waals surface area (Å²) in [6.45, 7) is 2.57. The Balaban J connectivity index is 1.73. The normalized spacial score (nSPS) is 17.0. The van der Waals surface area contributed by atoms with E-state index in [4.69, 9.17) is 4.74 Å². The van der Waals surface area contributed by atoms with Crippen LogP contribution in [0.2, 0.25) is 0 Å². The number of aromatic nitrogens is 2. The standard InChI is InChI=1S/C17H17BrN4O4/c1-11-14(5-2-6-15(11)22(24)25)16(23)21-7-3-4-13(10-21)26-17-19-8-12(18)9-20-17/h2,5-6,8-9,13H,3-4,7,10H2,1H3. The van der Waals surface area contributed by atoms with Gasteiger partial charge in [-0.2, -0.15) is 0 Å². The number of benzene rings is 1. The van der Waals surface area contributed by atoms with Gasteiger partial charge in [-0.3, -0.25) is 14.9 Å². The number of hydrogen-bond acceptors (Lipinski definition) is 6. The first-order chi connectivity index (χ1) is 12.5. The molecule has 1 aromatic heterocycles. The van der Waals surface area contributed by atoms with Crippen LogP contribution in [0.5, 0.6) is 6.01 Å². The summed E-state index contributed by atoms with van der Waals surface area (Å²) in [5.41, 5.74) is 0.672. The number of nitrogens with zero attached hydrogens (tertiary/aromatic N) is 4. The number of rotatable bonds is 4. The van der Waals surface area contributed by atoms with E-state index in [1.165, 1.54) is 12.1 Å². The van der Waals surface area contributed by atoms with Crippen molar-refractivity contribution in [3.8, 4) is 6.01 Å². The van der Waals surface area contributed by atoms with Crippen LogP contribution in [0.4, 0.5) is 5.69 Å². The molecule has 8 nitrogen and oxygen atoms in total. The Morgan fingerprint density at radius 2 is 2.12 bits per heavy atom. The third kappa shape index (κ3) is 3.98. The van der Waals surface area contributed by atoms with E-state index >= 15 is 0 Å². The zero-order chi connectivity index (χ0) is 18.7. The maximum absolute atomic E-state index is 12.8. The van der Waals surface area contributed by atoms with Crippen LogP contribution in [-0.4, -0.2) is 44.9 Å². The maximum Gasteiger partial charge on any atom is 0.316 e. The van der Waals surface area contributed by atoms with E-state index in [1.807, 2.05) is 0 Å². The van der Waals surface area contributed by atoms with E-state index in [2.05, 4.69) is 25.9 Å². The summed E-state index contributed by atoms with van der Waals surface area (Å²) in [7, 11) is 0. The van der Waals surface area contributed by atoms with Gasteiger partial charge < -0.3 is 9.64 Å². The Hall–Kier alpha value is -2.55. The first-order valence-electron chi connectivity index (χ1n) is 8.13. The number of likely N-dealkylation sites (tertiary alicyclic amines) is 1. The quantitative estimate of drug-likeness (QED) is 0.556. The number of carbonyl (C=O) groups is 1. The van der Waals surface area contributed by atoms with Gasteiger partial charge in [0.1, 0.15) is 6.10 Å². The van der Waals surface area contributed by atoms with Crippen LogP contribution in [0, 0.1) is 17.0 Å². The molecule has 1 amide bonds. The SMILES string of the molecule is Cc1c(C(=O)N2CCCC(Oc3ncc(Br)cn3)C2)cccc1[N+](=O)[O-]. The molecule has 2 aromatic rings. The van der Waals surface area contributed by atoms with Crippen LogP contribution in [0.1, 0.15) is 28.8 Å². The number of nitro benzene ring substituents is 1. The monoisotopic (exact) mass is 420 g/mol. The van der Waals surface area contributed by atoms with Crippen molar-refractivity contribution in [3.05, 3.63) is 56.3 Å². The minimum absolute atomic E-state index is 0.0519. The van der Waals surface area contributed by atoms with Crippen molar-refractivity contribution in [2.75, 3.05) is 13.1 Å². The number of halogens is 1. The number of amides is 1. The Morgan fingerprint density at radius 1 is 1.38 bits per heavy atom. The van der Waals surface area contributed by atoms with Crippen molar-refractivity contribution in [2.45, 2.75) is 25.9 Å². The summed E-state index contributed by atoms with van der Waals surface area (Å²) in [4.78, 5) is 33.3. The smallest absolute Gasteiger partial charge is 0.316 e. The Bertz CT molecular complexity index is 828. The molecule has 0 N–H and O–H groups in total.